The number of sulfone groups is 1. The van der Waals surface area contributed by atoms with Crippen molar-refractivity contribution in [1.29, 1.82) is 0 Å². The first-order valence-corrected chi connectivity index (χ1v) is 11.2. The van der Waals surface area contributed by atoms with E-state index in [1.54, 1.807) is 11.3 Å². The first kappa shape index (κ1) is 17.5. The maximum absolute atomic E-state index is 13.0. The zero-order valence-electron chi connectivity index (χ0n) is 14.0. The summed E-state index contributed by atoms with van der Waals surface area (Å²) in [6, 6.07) is 0.827. The van der Waals surface area contributed by atoms with Crippen LogP contribution in [0.5, 0.6) is 0 Å². The normalized spacial score (nSPS) is 29.7. The number of hydrogen-bond donors (Lipinski definition) is 2. The summed E-state index contributed by atoms with van der Waals surface area (Å²) < 4.78 is 23.0. The van der Waals surface area contributed by atoms with Gasteiger partial charge in [0.15, 0.2) is 9.84 Å². The maximum Gasteiger partial charge on any atom is 0.325 e. The zero-order chi connectivity index (χ0) is 18.5. The smallest absolute Gasteiger partial charge is 0.325 e. The van der Waals surface area contributed by atoms with Crippen molar-refractivity contribution in [1.82, 2.24) is 15.5 Å². The van der Waals surface area contributed by atoms with Crippen molar-refractivity contribution in [3.63, 3.8) is 0 Å². The third kappa shape index (κ3) is 2.81. The van der Waals surface area contributed by atoms with Gasteiger partial charge in [-0.1, -0.05) is 0 Å². The van der Waals surface area contributed by atoms with Crippen LogP contribution < -0.4 is 10.6 Å². The molecule has 1 aliphatic carbocycles. The predicted octanol–water partition coefficient (Wildman–Crippen LogP) is 0.135. The van der Waals surface area contributed by atoms with Crippen LogP contribution in [0.4, 0.5) is 4.79 Å². The Morgan fingerprint density at radius 1 is 1.42 bits per heavy atom. The second-order valence-corrected chi connectivity index (χ2v) is 10.2. The van der Waals surface area contributed by atoms with Crippen LogP contribution in [-0.2, 0) is 31.4 Å². The summed E-state index contributed by atoms with van der Waals surface area (Å²) in [6.45, 7) is -0.400. The fraction of sp³-hybridized carbons (Fsp3) is 0.562. The molecule has 8 nitrogen and oxygen atoms in total. The van der Waals surface area contributed by atoms with Gasteiger partial charge in [-0.05, 0) is 37.1 Å². The maximum atomic E-state index is 13.0. The van der Waals surface area contributed by atoms with Gasteiger partial charge >= 0.3 is 6.03 Å². The van der Waals surface area contributed by atoms with Gasteiger partial charge in [-0.15, -0.1) is 11.3 Å². The van der Waals surface area contributed by atoms with Crippen LogP contribution in [0.3, 0.4) is 0 Å². The van der Waals surface area contributed by atoms with Crippen LogP contribution in [0.1, 0.15) is 29.7 Å². The lowest BCUT2D eigenvalue weighted by atomic mass is 9.80. The molecule has 1 aromatic heterocycles. The molecule has 140 valence electrons. The summed E-state index contributed by atoms with van der Waals surface area (Å²) in [7, 11) is -3.11. The molecule has 2 aliphatic heterocycles. The molecule has 26 heavy (non-hydrogen) atoms. The van der Waals surface area contributed by atoms with E-state index < -0.39 is 45.8 Å². The standard InChI is InChI=1S/C16H19N3O5S2/c20-13(17-10-4-7-26(23,24)9-10)8-19-14(21)16(18-15(19)22)5-1-2-12-11(16)3-6-25-12/h3,6,10H,1-2,4-5,7-9H2,(H,17,20)(H,18,22). The summed E-state index contributed by atoms with van der Waals surface area (Å²) in [5.74, 6) is -0.975. The summed E-state index contributed by atoms with van der Waals surface area (Å²) in [5, 5.41) is 7.32. The minimum Gasteiger partial charge on any atom is -0.351 e. The molecule has 3 heterocycles. The molecular formula is C16H19N3O5S2. The van der Waals surface area contributed by atoms with Crippen molar-refractivity contribution < 1.29 is 22.8 Å². The monoisotopic (exact) mass is 397 g/mol. The van der Waals surface area contributed by atoms with Gasteiger partial charge in [0.2, 0.25) is 5.91 Å². The van der Waals surface area contributed by atoms with Crippen molar-refractivity contribution >= 4 is 39.0 Å². The van der Waals surface area contributed by atoms with Crippen molar-refractivity contribution in [3.05, 3.63) is 21.9 Å². The van der Waals surface area contributed by atoms with E-state index in [4.69, 9.17) is 0 Å². The molecule has 3 aliphatic rings. The molecule has 1 spiro atoms. The summed E-state index contributed by atoms with van der Waals surface area (Å²) >= 11 is 1.57. The minimum absolute atomic E-state index is 0.0467. The first-order valence-electron chi connectivity index (χ1n) is 8.51. The number of carbonyl (C=O) groups excluding carboxylic acids is 3. The van der Waals surface area contributed by atoms with Crippen LogP contribution in [-0.4, -0.2) is 55.3 Å². The van der Waals surface area contributed by atoms with Gasteiger partial charge in [0.05, 0.1) is 11.5 Å². The molecule has 4 rings (SSSR count). The summed E-state index contributed by atoms with van der Waals surface area (Å²) in [6.07, 6.45) is 2.55. The molecule has 0 bridgehead atoms. The number of fused-ring (bicyclic) bond motifs is 2. The van der Waals surface area contributed by atoms with Gasteiger partial charge in [0.1, 0.15) is 12.1 Å². The van der Waals surface area contributed by atoms with E-state index in [1.165, 1.54) is 0 Å². The average Bonchev–Trinajstić information content (AvgIpc) is 3.23. The van der Waals surface area contributed by atoms with Crippen LogP contribution in [0, 0.1) is 0 Å². The van der Waals surface area contributed by atoms with Crippen LogP contribution >= 0.6 is 11.3 Å². The van der Waals surface area contributed by atoms with Gasteiger partial charge in [-0.25, -0.2) is 13.2 Å². The van der Waals surface area contributed by atoms with E-state index in [9.17, 15) is 22.8 Å². The number of thiophene rings is 1. The molecule has 2 fully saturated rings. The van der Waals surface area contributed by atoms with E-state index in [0.717, 1.165) is 28.2 Å². The average molecular weight is 397 g/mol. The van der Waals surface area contributed by atoms with Gasteiger partial charge < -0.3 is 10.6 Å². The van der Waals surface area contributed by atoms with Crippen molar-refractivity contribution in [2.24, 2.45) is 0 Å². The SMILES string of the molecule is O=C(CN1C(=O)NC2(CCCc3sccc32)C1=O)NC1CCS(=O)(=O)C1. The number of nitrogens with one attached hydrogen (secondary N) is 2. The zero-order valence-corrected chi connectivity index (χ0v) is 15.6. The number of carbonyl (C=O) groups is 3. The molecule has 2 saturated heterocycles. The number of amides is 4. The molecule has 0 aromatic carbocycles. The van der Waals surface area contributed by atoms with Crippen molar-refractivity contribution in [3.8, 4) is 0 Å². The number of aryl methyl sites for hydroxylation is 1. The summed E-state index contributed by atoms with van der Waals surface area (Å²) in [5.41, 5.74) is -0.237. The number of imide groups is 1. The number of urea groups is 1. The van der Waals surface area contributed by atoms with E-state index in [1.807, 2.05) is 11.4 Å². The second kappa shape index (κ2) is 6.05. The Balaban J connectivity index is 1.48. The van der Waals surface area contributed by atoms with Crippen LogP contribution in [0.25, 0.3) is 0 Å². The van der Waals surface area contributed by atoms with E-state index >= 15 is 0 Å². The Hall–Kier alpha value is -1.94. The molecule has 10 heteroatoms. The number of rotatable bonds is 3. The lowest BCUT2D eigenvalue weighted by Crippen LogP contribution is -2.47. The third-order valence-electron chi connectivity index (χ3n) is 5.24. The quantitative estimate of drug-likeness (QED) is 0.705. The number of nitrogens with zero attached hydrogens (tertiary/aromatic N) is 1. The van der Waals surface area contributed by atoms with E-state index in [2.05, 4.69) is 10.6 Å². The first-order chi connectivity index (χ1) is 12.3. The highest BCUT2D eigenvalue weighted by molar-refractivity contribution is 7.91. The molecule has 4 amide bonds. The fourth-order valence-corrected chi connectivity index (χ4v) is 6.68. The molecule has 0 radical (unpaired) electrons. The molecular weight excluding hydrogens is 378 g/mol. The predicted molar refractivity (Wildman–Crippen MR) is 94.4 cm³/mol. The van der Waals surface area contributed by atoms with Gasteiger partial charge in [-0.2, -0.15) is 0 Å². The van der Waals surface area contributed by atoms with Gasteiger partial charge in [0, 0.05) is 16.5 Å². The van der Waals surface area contributed by atoms with Gasteiger partial charge in [0.25, 0.3) is 5.91 Å². The largest absolute Gasteiger partial charge is 0.351 e. The van der Waals surface area contributed by atoms with E-state index in [0.29, 0.717) is 12.8 Å². The lowest BCUT2D eigenvalue weighted by Gasteiger charge is -2.31. The van der Waals surface area contributed by atoms with Crippen molar-refractivity contribution in [2.75, 3.05) is 18.1 Å². The van der Waals surface area contributed by atoms with E-state index in [-0.39, 0.29) is 11.5 Å². The van der Waals surface area contributed by atoms with Crippen LogP contribution in [0.2, 0.25) is 0 Å². The van der Waals surface area contributed by atoms with Crippen molar-refractivity contribution in [2.45, 2.75) is 37.3 Å². The fourth-order valence-electron chi connectivity index (χ4n) is 4.01. The molecule has 2 N–H and O–H groups in total. The molecule has 0 saturated carbocycles. The second-order valence-electron chi connectivity index (χ2n) is 7.01. The Morgan fingerprint density at radius 3 is 2.96 bits per heavy atom. The minimum atomic E-state index is -3.11. The van der Waals surface area contributed by atoms with Crippen LogP contribution in [0.15, 0.2) is 11.4 Å². The topological polar surface area (TPSA) is 113 Å². The van der Waals surface area contributed by atoms with Gasteiger partial charge in [-0.3, -0.25) is 14.5 Å². The highest BCUT2D eigenvalue weighted by Gasteiger charge is 2.54. The molecule has 2 unspecified atom stereocenters. The number of hydrogen-bond acceptors (Lipinski definition) is 6. The Morgan fingerprint density at radius 2 is 2.23 bits per heavy atom. The lowest BCUT2D eigenvalue weighted by molar-refractivity contribution is -0.135. The Kier molecular flexibility index (Phi) is 4.07. The molecule has 2 atom stereocenters. The highest BCUT2D eigenvalue weighted by atomic mass is 32.2. The molecule has 1 aromatic rings. The Labute approximate surface area is 154 Å². The summed E-state index contributed by atoms with van der Waals surface area (Å²) in [4.78, 5) is 39.7. The Bertz CT molecular complexity index is 893. The highest BCUT2D eigenvalue weighted by Crippen LogP contribution is 2.41. The third-order valence-corrected chi connectivity index (χ3v) is 7.98.